The van der Waals surface area contributed by atoms with Crippen molar-refractivity contribution >= 4 is 28.4 Å². The quantitative estimate of drug-likeness (QED) is 0.765. The molecule has 2 amide bonds. The maximum absolute atomic E-state index is 13.7. The Hall–Kier alpha value is -3.22. The molecule has 7 heteroatoms. The lowest BCUT2D eigenvalue weighted by Crippen LogP contribution is -2.23. The van der Waals surface area contributed by atoms with Crippen molar-refractivity contribution in [2.24, 2.45) is 0 Å². The monoisotopic (exact) mass is 343 g/mol. The summed E-state index contributed by atoms with van der Waals surface area (Å²) in [7, 11) is 1.55. The number of carbonyl (C=O) groups is 2. The summed E-state index contributed by atoms with van der Waals surface area (Å²) in [4.78, 5) is 23.7. The molecule has 3 rings (SSSR count). The summed E-state index contributed by atoms with van der Waals surface area (Å²) in [6, 6.07) is 10.4. The third kappa shape index (κ3) is 3.35. The molecular formula is C18H15F2N3O2. The van der Waals surface area contributed by atoms with E-state index in [1.165, 1.54) is 12.1 Å². The van der Waals surface area contributed by atoms with E-state index in [0.29, 0.717) is 5.69 Å². The first-order valence-corrected chi connectivity index (χ1v) is 7.54. The van der Waals surface area contributed by atoms with Gasteiger partial charge >= 0.3 is 0 Å². The Labute approximate surface area is 142 Å². The fraction of sp³-hybridized carbons (Fsp3) is 0.111. The van der Waals surface area contributed by atoms with Crippen LogP contribution in [-0.2, 0) is 11.3 Å². The van der Waals surface area contributed by atoms with Crippen molar-refractivity contribution in [3.63, 3.8) is 0 Å². The summed E-state index contributed by atoms with van der Waals surface area (Å²) in [5, 5.41) is 5.97. The van der Waals surface area contributed by atoms with E-state index in [4.69, 9.17) is 0 Å². The number of rotatable bonds is 4. The molecule has 0 spiro atoms. The van der Waals surface area contributed by atoms with Gasteiger partial charge in [-0.25, -0.2) is 8.78 Å². The minimum atomic E-state index is -1.19. The lowest BCUT2D eigenvalue weighted by Gasteiger charge is -2.09. The van der Waals surface area contributed by atoms with E-state index in [1.54, 1.807) is 36.0 Å². The standard InChI is InChI=1S/C18H15F2N3O2/c1-21-16(24)10-23-8-7-11-5-6-12(9-15(11)23)22-18(25)13-3-2-4-14(19)17(13)20/h2-9H,10H2,1H3,(H,21,24)(H,22,25). The van der Waals surface area contributed by atoms with Crippen LogP contribution in [0.1, 0.15) is 10.4 Å². The van der Waals surface area contributed by atoms with Crippen LogP contribution in [0.15, 0.2) is 48.7 Å². The van der Waals surface area contributed by atoms with Crippen molar-refractivity contribution in [2.45, 2.75) is 6.54 Å². The van der Waals surface area contributed by atoms with Crippen molar-refractivity contribution < 1.29 is 18.4 Å². The second-order valence-electron chi connectivity index (χ2n) is 5.45. The summed E-state index contributed by atoms with van der Waals surface area (Å²) >= 11 is 0. The number of nitrogens with one attached hydrogen (secondary N) is 2. The van der Waals surface area contributed by atoms with Gasteiger partial charge in [-0.15, -0.1) is 0 Å². The second kappa shape index (κ2) is 6.72. The molecule has 5 nitrogen and oxygen atoms in total. The number of likely N-dealkylation sites (N-methyl/N-ethyl adjacent to an activating group) is 1. The van der Waals surface area contributed by atoms with Crippen LogP contribution >= 0.6 is 0 Å². The van der Waals surface area contributed by atoms with Crippen LogP contribution in [0.25, 0.3) is 10.9 Å². The van der Waals surface area contributed by atoms with Gasteiger partial charge in [0, 0.05) is 18.9 Å². The molecule has 3 aromatic rings. The van der Waals surface area contributed by atoms with Gasteiger partial charge in [0.1, 0.15) is 6.54 Å². The molecule has 0 atom stereocenters. The molecule has 0 aliphatic heterocycles. The number of nitrogens with zero attached hydrogens (tertiary/aromatic N) is 1. The van der Waals surface area contributed by atoms with Gasteiger partial charge in [0.2, 0.25) is 5.91 Å². The van der Waals surface area contributed by atoms with E-state index < -0.39 is 17.5 Å². The maximum atomic E-state index is 13.7. The lowest BCUT2D eigenvalue weighted by molar-refractivity contribution is -0.121. The highest BCUT2D eigenvalue weighted by Crippen LogP contribution is 2.22. The largest absolute Gasteiger partial charge is 0.358 e. The zero-order valence-electron chi connectivity index (χ0n) is 13.3. The van der Waals surface area contributed by atoms with Crippen LogP contribution in [0.3, 0.4) is 0 Å². The average Bonchev–Trinajstić information content (AvgIpc) is 2.99. The van der Waals surface area contributed by atoms with Crippen LogP contribution < -0.4 is 10.6 Å². The molecule has 2 N–H and O–H groups in total. The van der Waals surface area contributed by atoms with Gasteiger partial charge in [0.15, 0.2) is 11.6 Å². The molecule has 0 saturated heterocycles. The van der Waals surface area contributed by atoms with Gasteiger partial charge in [-0.1, -0.05) is 12.1 Å². The molecule has 25 heavy (non-hydrogen) atoms. The Kier molecular flexibility index (Phi) is 4.47. The Morgan fingerprint density at radius 3 is 2.68 bits per heavy atom. The van der Waals surface area contributed by atoms with E-state index in [1.807, 2.05) is 6.07 Å². The third-order valence-corrected chi connectivity index (χ3v) is 3.82. The fourth-order valence-corrected chi connectivity index (χ4v) is 2.51. The first-order valence-electron chi connectivity index (χ1n) is 7.54. The first kappa shape index (κ1) is 16.6. The number of halogens is 2. The van der Waals surface area contributed by atoms with E-state index in [-0.39, 0.29) is 18.0 Å². The van der Waals surface area contributed by atoms with Crippen LogP contribution in [0.2, 0.25) is 0 Å². The number of hydrogen-bond donors (Lipinski definition) is 2. The Bertz CT molecular complexity index is 966. The van der Waals surface area contributed by atoms with Gasteiger partial charge in [-0.3, -0.25) is 9.59 Å². The van der Waals surface area contributed by atoms with Crippen molar-refractivity contribution in [1.29, 1.82) is 0 Å². The minimum Gasteiger partial charge on any atom is -0.358 e. The molecule has 0 fully saturated rings. The summed E-state index contributed by atoms with van der Waals surface area (Å²) < 4.78 is 28.7. The number of fused-ring (bicyclic) bond motifs is 1. The molecule has 128 valence electrons. The first-order chi connectivity index (χ1) is 12.0. The summed E-state index contributed by atoms with van der Waals surface area (Å²) in [5.74, 6) is -3.18. The van der Waals surface area contributed by atoms with Gasteiger partial charge in [0.25, 0.3) is 5.91 Å². The normalized spacial score (nSPS) is 10.7. The highest BCUT2D eigenvalue weighted by molar-refractivity contribution is 6.05. The highest BCUT2D eigenvalue weighted by Gasteiger charge is 2.15. The van der Waals surface area contributed by atoms with Gasteiger partial charge in [-0.05, 0) is 35.7 Å². The molecule has 0 unspecified atom stereocenters. The highest BCUT2D eigenvalue weighted by atomic mass is 19.2. The number of benzene rings is 2. The van der Waals surface area contributed by atoms with Crippen molar-refractivity contribution in [1.82, 2.24) is 9.88 Å². The van der Waals surface area contributed by atoms with Crippen molar-refractivity contribution in [3.05, 3.63) is 65.9 Å². The Morgan fingerprint density at radius 1 is 1.12 bits per heavy atom. The smallest absolute Gasteiger partial charge is 0.258 e. The molecule has 1 heterocycles. The fourth-order valence-electron chi connectivity index (χ4n) is 2.51. The van der Waals surface area contributed by atoms with Gasteiger partial charge < -0.3 is 15.2 Å². The molecule has 0 aliphatic carbocycles. The summed E-state index contributed by atoms with van der Waals surface area (Å²) in [6.07, 6.45) is 1.76. The topological polar surface area (TPSA) is 63.1 Å². The molecular weight excluding hydrogens is 328 g/mol. The number of anilines is 1. The van der Waals surface area contributed by atoms with E-state index in [2.05, 4.69) is 10.6 Å². The van der Waals surface area contributed by atoms with Crippen molar-refractivity contribution in [2.75, 3.05) is 12.4 Å². The van der Waals surface area contributed by atoms with Crippen LogP contribution in [0.4, 0.5) is 14.5 Å². The number of amides is 2. The number of hydrogen-bond acceptors (Lipinski definition) is 2. The van der Waals surface area contributed by atoms with Gasteiger partial charge in [0.05, 0.1) is 11.1 Å². The van der Waals surface area contributed by atoms with Crippen molar-refractivity contribution in [3.8, 4) is 0 Å². The lowest BCUT2D eigenvalue weighted by atomic mass is 10.1. The molecule has 0 aliphatic rings. The molecule has 2 aromatic carbocycles. The molecule has 0 saturated carbocycles. The molecule has 0 bridgehead atoms. The van der Waals surface area contributed by atoms with Gasteiger partial charge in [-0.2, -0.15) is 0 Å². The minimum absolute atomic E-state index is 0.135. The maximum Gasteiger partial charge on any atom is 0.258 e. The van der Waals surface area contributed by atoms with Crippen LogP contribution in [0.5, 0.6) is 0 Å². The Morgan fingerprint density at radius 2 is 1.92 bits per heavy atom. The molecule has 0 radical (unpaired) electrons. The van der Waals surface area contributed by atoms with E-state index in [0.717, 1.165) is 17.0 Å². The number of carbonyl (C=O) groups excluding carboxylic acids is 2. The Balaban J connectivity index is 1.88. The van der Waals surface area contributed by atoms with E-state index >= 15 is 0 Å². The number of aromatic nitrogens is 1. The third-order valence-electron chi connectivity index (χ3n) is 3.82. The summed E-state index contributed by atoms with van der Waals surface area (Å²) in [6.45, 7) is 0.135. The predicted octanol–water partition coefficient (Wildman–Crippen LogP) is 2.92. The van der Waals surface area contributed by atoms with Crippen LogP contribution in [0, 0.1) is 11.6 Å². The predicted molar refractivity (Wildman–Crippen MR) is 90.3 cm³/mol. The SMILES string of the molecule is CNC(=O)Cn1ccc2ccc(NC(=O)c3cccc(F)c3F)cc21. The summed E-state index contributed by atoms with van der Waals surface area (Å²) in [5.41, 5.74) is 0.778. The van der Waals surface area contributed by atoms with E-state index in [9.17, 15) is 18.4 Å². The zero-order chi connectivity index (χ0) is 18.0. The molecule has 1 aromatic heterocycles. The second-order valence-corrected chi connectivity index (χ2v) is 5.45. The average molecular weight is 343 g/mol. The van der Waals surface area contributed by atoms with Crippen LogP contribution in [-0.4, -0.2) is 23.4 Å². The zero-order valence-corrected chi connectivity index (χ0v) is 13.3.